The quantitative estimate of drug-likeness (QED) is 0.769. The van der Waals surface area contributed by atoms with Crippen LogP contribution in [0.5, 0.6) is 0 Å². The van der Waals surface area contributed by atoms with Crippen molar-refractivity contribution in [3.8, 4) is 0 Å². The minimum atomic E-state index is -4.38. The predicted octanol–water partition coefficient (Wildman–Crippen LogP) is 3.55. The lowest BCUT2D eigenvalue weighted by Gasteiger charge is -2.45. The molecule has 3 rings (SSSR count). The van der Waals surface area contributed by atoms with Crippen molar-refractivity contribution in [2.24, 2.45) is 0 Å². The molecular weight excluding hydrogens is 383 g/mol. The molecule has 0 aliphatic carbocycles. The van der Waals surface area contributed by atoms with E-state index in [2.05, 4.69) is 10.2 Å². The maximum atomic E-state index is 12.9. The number of hydrogen-bond donors (Lipinski definition) is 2. The van der Waals surface area contributed by atoms with Crippen molar-refractivity contribution < 1.29 is 23.1 Å². The van der Waals surface area contributed by atoms with E-state index in [1.165, 1.54) is 19.1 Å². The number of para-hydroxylation sites is 2. The van der Waals surface area contributed by atoms with Crippen LogP contribution in [-0.2, 0) is 11.0 Å². The second-order valence-corrected chi connectivity index (χ2v) is 7.01. The van der Waals surface area contributed by atoms with Crippen LogP contribution in [-0.4, -0.2) is 43.3 Å². The third-order valence-electron chi connectivity index (χ3n) is 4.97. The number of nitrogens with one attached hydrogen (secondary N) is 1. The zero-order valence-corrected chi connectivity index (χ0v) is 16.1. The third kappa shape index (κ3) is 4.82. The van der Waals surface area contributed by atoms with Gasteiger partial charge < -0.3 is 20.2 Å². The van der Waals surface area contributed by atoms with Gasteiger partial charge in [-0.1, -0.05) is 12.1 Å². The van der Waals surface area contributed by atoms with E-state index in [1.807, 2.05) is 29.2 Å². The first-order valence-corrected chi connectivity index (χ1v) is 9.47. The SMILES string of the molecule is CC(=O)NCC1CN(c2ccc(C(F)(F)F)cc2)c2ccccc2N1CCCO. The van der Waals surface area contributed by atoms with Crippen LogP contribution in [0.3, 0.4) is 0 Å². The zero-order chi connectivity index (χ0) is 21.0. The molecule has 0 bridgehead atoms. The molecule has 1 unspecified atom stereocenters. The smallest absolute Gasteiger partial charge is 0.396 e. The first-order valence-electron chi connectivity index (χ1n) is 9.47. The molecule has 2 N–H and O–H groups in total. The van der Waals surface area contributed by atoms with Gasteiger partial charge in [0, 0.05) is 38.9 Å². The van der Waals surface area contributed by atoms with E-state index in [0.717, 1.165) is 23.5 Å². The molecule has 1 heterocycles. The molecule has 0 saturated heterocycles. The molecule has 0 spiro atoms. The van der Waals surface area contributed by atoms with Crippen molar-refractivity contribution in [3.63, 3.8) is 0 Å². The Labute approximate surface area is 167 Å². The summed E-state index contributed by atoms with van der Waals surface area (Å²) in [6.45, 7) is 3.00. The number of halogens is 3. The van der Waals surface area contributed by atoms with Crippen LogP contribution in [0.25, 0.3) is 0 Å². The van der Waals surface area contributed by atoms with Crippen LogP contribution in [0.2, 0.25) is 0 Å². The number of nitrogens with zero attached hydrogens (tertiary/aromatic N) is 2. The summed E-state index contributed by atoms with van der Waals surface area (Å²) in [5.41, 5.74) is 1.76. The van der Waals surface area contributed by atoms with Crippen molar-refractivity contribution in [2.75, 3.05) is 36.0 Å². The van der Waals surface area contributed by atoms with Crippen molar-refractivity contribution >= 4 is 23.0 Å². The molecule has 1 aliphatic rings. The van der Waals surface area contributed by atoms with Crippen LogP contribution in [0, 0.1) is 0 Å². The average Bonchev–Trinajstić information content (AvgIpc) is 2.70. The molecule has 0 fully saturated rings. The molecule has 1 atom stereocenters. The second kappa shape index (κ2) is 8.73. The number of hydrogen-bond acceptors (Lipinski definition) is 4. The molecule has 156 valence electrons. The van der Waals surface area contributed by atoms with Gasteiger partial charge in [-0.25, -0.2) is 0 Å². The molecule has 1 aliphatic heterocycles. The summed E-state index contributed by atoms with van der Waals surface area (Å²) < 4.78 is 38.8. The minimum Gasteiger partial charge on any atom is -0.396 e. The number of carbonyl (C=O) groups is 1. The number of rotatable bonds is 6. The predicted molar refractivity (Wildman–Crippen MR) is 106 cm³/mol. The van der Waals surface area contributed by atoms with Gasteiger partial charge >= 0.3 is 6.18 Å². The van der Waals surface area contributed by atoms with Crippen molar-refractivity contribution in [2.45, 2.75) is 25.6 Å². The molecule has 0 radical (unpaired) electrons. The summed E-state index contributed by atoms with van der Waals surface area (Å²) in [5, 5.41) is 12.1. The van der Waals surface area contributed by atoms with E-state index in [4.69, 9.17) is 0 Å². The molecule has 29 heavy (non-hydrogen) atoms. The van der Waals surface area contributed by atoms with Crippen LogP contribution >= 0.6 is 0 Å². The molecule has 5 nitrogen and oxygen atoms in total. The highest BCUT2D eigenvalue weighted by Gasteiger charge is 2.33. The number of carbonyl (C=O) groups excluding carboxylic acids is 1. The fourth-order valence-electron chi connectivity index (χ4n) is 3.59. The lowest BCUT2D eigenvalue weighted by Crippen LogP contribution is -2.53. The molecule has 2 aromatic rings. The van der Waals surface area contributed by atoms with Gasteiger partial charge in [0.15, 0.2) is 0 Å². The van der Waals surface area contributed by atoms with E-state index in [0.29, 0.717) is 31.7 Å². The van der Waals surface area contributed by atoms with Gasteiger partial charge in [-0.05, 0) is 42.8 Å². The van der Waals surface area contributed by atoms with Gasteiger partial charge in [-0.15, -0.1) is 0 Å². The van der Waals surface area contributed by atoms with Gasteiger partial charge in [0.25, 0.3) is 0 Å². The lowest BCUT2D eigenvalue weighted by molar-refractivity contribution is -0.137. The molecule has 0 saturated carbocycles. The number of fused-ring (bicyclic) bond motifs is 1. The normalized spacial score (nSPS) is 16.5. The monoisotopic (exact) mass is 407 g/mol. The third-order valence-corrected chi connectivity index (χ3v) is 4.97. The van der Waals surface area contributed by atoms with Crippen LogP contribution in [0.4, 0.5) is 30.2 Å². The van der Waals surface area contributed by atoms with E-state index < -0.39 is 11.7 Å². The minimum absolute atomic E-state index is 0.0497. The largest absolute Gasteiger partial charge is 0.416 e. The van der Waals surface area contributed by atoms with E-state index >= 15 is 0 Å². The number of aliphatic hydroxyl groups excluding tert-OH is 1. The van der Waals surface area contributed by atoms with Gasteiger partial charge in [-0.3, -0.25) is 4.79 Å². The Hall–Kier alpha value is -2.74. The number of benzene rings is 2. The summed E-state index contributed by atoms with van der Waals surface area (Å²) in [5.74, 6) is -0.146. The van der Waals surface area contributed by atoms with Crippen molar-refractivity contribution in [1.29, 1.82) is 0 Å². The van der Waals surface area contributed by atoms with Crippen molar-refractivity contribution in [3.05, 3.63) is 54.1 Å². The summed E-state index contributed by atoms with van der Waals surface area (Å²) >= 11 is 0. The number of amides is 1. The van der Waals surface area contributed by atoms with Gasteiger partial charge in [0.2, 0.25) is 5.91 Å². The Balaban J connectivity index is 1.97. The number of anilines is 3. The fraction of sp³-hybridized carbons (Fsp3) is 0.381. The molecular formula is C21H24F3N3O2. The van der Waals surface area contributed by atoms with Gasteiger partial charge in [-0.2, -0.15) is 13.2 Å². The molecule has 2 aromatic carbocycles. The highest BCUT2D eigenvalue weighted by molar-refractivity contribution is 5.80. The molecule has 8 heteroatoms. The highest BCUT2D eigenvalue weighted by Crippen LogP contribution is 2.40. The Morgan fingerprint density at radius 1 is 1.14 bits per heavy atom. The van der Waals surface area contributed by atoms with E-state index in [-0.39, 0.29) is 18.6 Å². The van der Waals surface area contributed by atoms with Crippen LogP contribution in [0.15, 0.2) is 48.5 Å². The molecule has 1 amide bonds. The Bertz CT molecular complexity index is 840. The fourth-order valence-corrected chi connectivity index (χ4v) is 3.59. The number of aliphatic hydroxyl groups is 1. The highest BCUT2D eigenvalue weighted by atomic mass is 19.4. The van der Waals surface area contributed by atoms with E-state index in [1.54, 1.807) is 0 Å². The maximum absolute atomic E-state index is 12.9. The topological polar surface area (TPSA) is 55.8 Å². The maximum Gasteiger partial charge on any atom is 0.416 e. The van der Waals surface area contributed by atoms with Gasteiger partial charge in [0.05, 0.1) is 23.0 Å². The Morgan fingerprint density at radius 2 is 1.79 bits per heavy atom. The second-order valence-electron chi connectivity index (χ2n) is 7.01. The first kappa shape index (κ1) is 21.0. The van der Waals surface area contributed by atoms with Gasteiger partial charge in [0.1, 0.15) is 0 Å². The summed E-state index contributed by atoms with van der Waals surface area (Å²) in [4.78, 5) is 15.6. The van der Waals surface area contributed by atoms with Crippen LogP contribution in [0.1, 0.15) is 18.9 Å². The summed E-state index contributed by atoms with van der Waals surface area (Å²) in [6.07, 6.45) is -3.81. The molecule has 0 aromatic heterocycles. The number of alkyl halides is 3. The standard InChI is InChI=1S/C21H24F3N3O2/c1-15(29)25-13-18-14-27(17-9-7-16(8-10-17)21(22,23)24)20-6-3-2-5-19(20)26(18)11-4-12-28/h2-3,5-10,18,28H,4,11-14H2,1H3,(H,25,29). The first-order chi connectivity index (χ1) is 13.8. The zero-order valence-electron chi connectivity index (χ0n) is 16.1. The Kier molecular flexibility index (Phi) is 6.32. The van der Waals surface area contributed by atoms with E-state index in [9.17, 15) is 23.1 Å². The summed E-state index contributed by atoms with van der Waals surface area (Å²) in [7, 11) is 0. The Morgan fingerprint density at radius 3 is 2.38 bits per heavy atom. The lowest BCUT2D eigenvalue weighted by atomic mass is 10.0. The average molecular weight is 407 g/mol. The van der Waals surface area contributed by atoms with Crippen molar-refractivity contribution in [1.82, 2.24) is 5.32 Å². The summed E-state index contributed by atoms with van der Waals surface area (Å²) in [6, 6.07) is 12.7. The van der Waals surface area contributed by atoms with Crippen LogP contribution < -0.4 is 15.1 Å².